The monoisotopic (exact) mass is 377 g/mol. The summed E-state index contributed by atoms with van der Waals surface area (Å²) in [5.41, 5.74) is -0.0745. The van der Waals surface area contributed by atoms with Crippen molar-refractivity contribution in [3.05, 3.63) is 47.9 Å². The summed E-state index contributed by atoms with van der Waals surface area (Å²) in [6, 6.07) is 3.49. The molecule has 2 heterocycles. The van der Waals surface area contributed by atoms with Crippen molar-refractivity contribution in [1.29, 1.82) is 0 Å². The Morgan fingerprint density at radius 1 is 1.41 bits per heavy atom. The van der Waals surface area contributed by atoms with Crippen LogP contribution >= 0.6 is 43.2 Å². The van der Waals surface area contributed by atoms with Crippen LogP contribution in [0.1, 0.15) is 4.88 Å². The predicted molar refractivity (Wildman–Crippen MR) is 76.1 cm³/mol. The molecule has 17 heavy (non-hydrogen) atoms. The first kappa shape index (κ1) is 12.9. The maximum atomic E-state index is 11.8. The van der Waals surface area contributed by atoms with Gasteiger partial charge in [0.1, 0.15) is 5.75 Å². The Morgan fingerprint density at radius 2 is 2.18 bits per heavy atom. The lowest BCUT2D eigenvalue weighted by Gasteiger charge is -2.07. The molecule has 0 radical (unpaired) electrons. The van der Waals surface area contributed by atoms with Gasteiger partial charge in [-0.05, 0) is 37.9 Å². The van der Waals surface area contributed by atoms with Gasteiger partial charge in [0.05, 0.1) is 18.1 Å². The number of rotatable bonds is 3. The predicted octanol–water partition coefficient (Wildman–Crippen LogP) is 3.49. The van der Waals surface area contributed by atoms with Crippen molar-refractivity contribution in [2.45, 2.75) is 6.54 Å². The third-order valence-corrected chi connectivity index (χ3v) is 4.49. The highest BCUT2D eigenvalue weighted by atomic mass is 79.9. The van der Waals surface area contributed by atoms with Crippen molar-refractivity contribution in [3.63, 3.8) is 0 Å². The molecule has 0 bridgehead atoms. The minimum atomic E-state index is -0.0745. The standard InChI is InChI=1S/C11H9Br2NO2S/c1-16-10-3-11(15)14(5-9(10)13)4-8-2-7(12)6-17-8/h2-3,5-6H,4H2,1H3. The second-order valence-corrected chi connectivity index (χ2v) is 6.15. The SMILES string of the molecule is COc1cc(=O)n(Cc2cc(Br)cs2)cc1Br. The van der Waals surface area contributed by atoms with Crippen LogP contribution in [0, 0.1) is 0 Å². The highest BCUT2D eigenvalue weighted by Gasteiger charge is 2.06. The fraction of sp³-hybridized carbons (Fsp3) is 0.182. The molecular formula is C11H9Br2NO2S. The Bertz CT molecular complexity index is 591. The van der Waals surface area contributed by atoms with Crippen LogP contribution < -0.4 is 10.3 Å². The van der Waals surface area contributed by atoms with Gasteiger partial charge >= 0.3 is 0 Å². The van der Waals surface area contributed by atoms with Gasteiger partial charge in [-0.25, -0.2) is 0 Å². The smallest absolute Gasteiger partial charge is 0.254 e. The van der Waals surface area contributed by atoms with Crippen LogP contribution in [0.3, 0.4) is 0 Å². The van der Waals surface area contributed by atoms with Crippen LogP contribution in [-0.2, 0) is 6.54 Å². The summed E-state index contributed by atoms with van der Waals surface area (Å²) in [5, 5.41) is 2.00. The van der Waals surface area contributed by atoms with Gasteiger partial charge in [0.25, 0.3) is 5.56 Å². The lowest BCUT2D eigenvalue weighted by Crippen LogP contribution is -2.19. The first-order valence-electron chi connectivity index (χ1n) is 4.77. The number of aromatic nitrogens is 1. The van der Waals surface area contributed by atoms with E-state index < -0.39 is 0 Å². The topological polar surface area (TPSA) is 31.2 Å². The maximum Gasteiger partial charge on any atom is 0.254 e. The zero-order valence-electron chi connectivity index (χ0n) is 8.94. The van der Waals surface area contributed by atoms with Crippen molar-refractivity contribution in [1.82, 2.24) is 4.57 Å². The molecule has 0 spiro atoms. The second-order valence-electron chi connectivity index (χ2n) is 3.39. The Balaban J connectivity index is 2.33. The molecule has 0 aromatic carbocycles. The molecule has 2 rings (SSSR count). The molecule has 0 atom stereocenters. The van der Waals surface area contributed by atoms with Gasteiger partial charge in [-0.3, -0.25) is 4.79 Å². The fourth-order valence-corrected chi connectivity index (χ4v) is 3.39. The van der Waals surface area contributed by atoms with E-state index in [0.717, 1.165) is 13.8 Å². The molecule has 6 heteroatoms. The summed E-state index contributed by atoms with van der Waals surface area (Å²) in [4.78, 5) is 12.9. The molecule has 0 unspecified atom stereocenters. The average molecular weight is 379 g/mol. The molecule has 2 aromatic rings. The molecule has 2 aromatic heterocycles. The van der Waals surface area contributed by atoms with E-state index in [9.17, 15) is 4.79 Å². The van der Waals surface area contributed by atoms with Crippen LogP contribution in [0.2, 0.25) is 0 Å². The van der Waals surface area contributed by atoms with Crippen LogP contribution in [0.25, 0.3) is 0 Å². The molecule has 0 saturated carbocycles. The number of halogens is 2. The first-order valence-corrected chi connectivity index (χ1v) is 7.23. The number of nitrogens with zero attached hydrogens (tertiary/aromatic N) is 1. The largest absolute Gasteiger partial charge is 0.495 e. The molecule has 0 saturated heterocycles. The van der Waals surface area contributed by atoms with Gasteiger partial charge in [-0.1, -0.05) is 0 Å². The van der Waals surface area contributed by atoms with E-state index >= 15 is 0 Å². The summed E-state index contributed by atoms with van der Waals surface area (Å²) in [7, 11) is 1.54. The first-order chi connectivity index (χ1) is 8.10. The van der Waals surface area contributed by atoms with E-state index in [1.807, 2.05) is 11.4 Å². The third kappa shape index (κ3) is 3.00. The normalized spacial score (nSPS) is 10.5. The van der Waals surface area contributed by atoms with Crippen LogP contribution in [-0.4, -0.2) is 11.7 Å². The Hall–Kier alpha value is -0.590. The van der Waals surface area contributed by atoms with E-state index in [1.165, 1.54) is 6.07 Å². The lowest BCUT2D eigenvalue weighted by atomic mass is 10.4. The van der Waals surface area contributed by atoms with Crippen LogP contribution in [0.4, 0.5) is 0 Å². The number of thiophene rings is 1. The molecular weight excluding hydrogens is 370 g/mol. The lowest BCUT2D eigenvalue weighted by molar-refractivity contribution is 0.409. The minimum Gasteiger partial charge on any atom is -0.495 e. The summed E-state index contributed by atoms with van der Waals surface area (Å²) < 4.78 is 8.53. The van der Waals surface area contributed by atoms with E-state index in [0.29, 0.717) is 12.3 Å². The Morgan fingerprint density at radius 3 is 2.76 bits per heavy atom. The maximum absolute atomic E-state index is 11.8. The van der Waals surface area contributed by atoms with Crippen molar-refractivity contribution >= 4 is 43.2 Å². The minimum absolute atomic E-state index is 0.0745. The van der Waals surface area contributed by atoms with Gasteiger partial charge in [0.15, 0.2) is 0 Å². The van der Waals surface area contributed by atoms with Gasteiger partial charge in [0, 0.05) is 27.0 Å². The number of pyridine rings is 1. The van der Waals surface area contributed by atoms with Gasteiger partial charge in [-0.15, -0.1) is 11.3 Å². The van der Waals surface area contributed by atoms with Crippen molar-refractivity contribution in [2.24, 2.45) is 0 Å². The second kappa shape index (κ2) is 5.37. The molecule has 0 fully saturated rings. The summed E-state index contributed by atoms with van der Waals surface area (Å²) in [6.07, 6.45) is 1.74. The average Bonchev–Trinajstić information content (AvgIpc) is 2.69. The van der Waals surface area contributed by atoms with Crippen LogP contribution in [0.15, 0.2) is 37.4 Å². The Labute approximate surface area is 119 Å². The molecule has 0 aliphatic heterocycles. The molecule has 3 nitrogen and oxygen atoms in total. The highest BCUT2D eigenvalue weighted by molar-refractivity contribution is 9.10. The summed E-state index contributed by atoms with van der Waals surface area (Å²) in [5.74, 6) is 0.554. The quantitative estimate of drug-likeness (QED) is 0.818. The number of hydrogen-bond donors (Lipinski definition) is 0. The number of ether oxygens (including phenoxy) is 1. The molecule has 0 aliphatic carbocycles. The van der Waals surface area contributed by atoms with E-state index in [4.69, 9.17) is 4.74 Å². The molecule has 0 aliphatic rings. The fourth-order valence-electron chi connectivity index (χ4n) is 1.41. The van der Waals surface area contributed by atoms with Crippen LogP contribution in [0.5, 0.6) is 5.75 Å². The third-order valence-electron chi connectivity index (χ3n) is 2.21. The highest BCUT2D eigenvalue weighted by Crippen LogP contribution is 2.23. The van der Waals surface area contributed by atoms with Gasteiger partial charge in [0.2, 0.25) is 0 Å². The van der Waals surface area contributed by atoms with Crippen molar-refractivity contribution < 1.29 is 4.74 Å². The van der Waals surface area contributed by atoms with E-state index in [-0.39, 0.29) is 5.56 Å². The van der Waals surface area contributed by atoms with Crippen molar-refractivity contribution in [3.8, 4) is 5.75 Å². The zero-order valence-corrected chi connectivity index (χ0v) is 12.9. The van der Waals surface area contributed by atoms with Gasteiger partial charge < -0.3 is 9.30 Å². The van der Waals surface area contributed by atoms with E-state index in [2.05, 4.69) is 31.9 Å². The molecule has 90 valence electrons. The molecule has 0 amide bonds. The van der Waals surface area contributed by atoms with Crippen molar-refractivity contribution in [2.75, 3.05) is 7.11 Å². The van der Waals surface area contributed by atoms with Gasteiger partial charge in [-0.2, -0.15) is 0 Å². The number of hydrogen-bond acceptors (Lipinski definition) is 3. The van der Waals surface area contributed by atoms with E-state index in [1.54, 1.807) is 29.2 Å². The number of methoxy groups -OCH3 is 1. The summed E-state index contributed by atoms with van der Waals surface area (Å²) in [6.45, 7) is 0.567. The summed E-state index contributed by atoms with van der Waals surface area (Å²) >= 11 is 8.38. The molecule has 0 N–H and O–H groups in total. The zero-order chi connectivity index (χ0) is 12.4. The Kier molecular flexibility index (Phi) is 4.06.